The molecule has 29 heavy (non-hydrogen) atoms. The van der Waals surface area contributed by atoms with E-state index in [1.807, 2.05) is 6.92 Å². The second-order valence-electron chi connectivity index (χ2n) is 10.1. The Bertz CT molecular complexity index is 738. The van der Waals surface area contributed by atoms with E-state index in [0.717, 1.165) is 12.8 Å². The van der Waals surface area contributed by atoms with E-state index in [1.54, 1.807) is 4.90 Å². The number of hydrogen-bond acceptors (Lipinski definition) is 5. The maximum Gasteiger partial charge on any atom is 0.355 e. The molecule has 0 radical (unpaired) electrons. The number of carbonyl (C=O) groups excluding carboxylic acids is 2. The number of carbonyl (C=O) groups is 2. The molecule has 1 aliphatic carbocycles. The number of hydrogen-bond donors (Lipinski definition) is 1. The van der Waals surface area contributed by atoms with Gasteiger partial charge in [0, 0.05) is 5.92 Å². The van der Waals surface area contributed by atoms with Crippen LogP contribution in [0.15, 0.2) is 23.9 Å². The standard InChI is InChI=1S/C22H35NO5Si/c1-8-12-27-21(26)19-17-14(10-9-11-15(17)24)18-16(20(25)23(18)19)13(2)28-29(6,7)22(3,4)5/h8,13-16,18,24H,1,9-12H2,2-7H3/t13?,14-,15-,16+,18+/m0/s1. The summed E-state index contributed by atoms with van der Waals surface area (Å²) in [5, 5.41) is 10.7. The first-order chi connectivity index (χ1) is 13.4. The van der Waals surface area contributed by atoms with Crippen molar-refractivity contribution in [1.82, 2.24) is 4.90 Å². The van der Waals surface area contributed by atoms with Crippen LogP contribution in [-0.2, 0) is 18.8 Å². The summed E-state index contributed by atoms with van der Waals surface area (Å²) in [4.78, 5) is 27.5. The second-order valence-corrected chi connectivity index (χ2v) is 14.8. The lowest BCUT2D eigenvalue weighted by Gasteiger charge is -2.50. The van der Waals surface area contributed by atoms with Gasteiger partial charge in [-0.05, 0) is 49.9 Å². The van der Waals surface area contributed by atoms with Crippen LogP contribution in [0.3, 0.4) is 0 Å². The Morgan fingerprint density at radius 1 is 1.38 bits per heavy atom. The minimum Gasteiger partial charge on any atom is -0.457 e. The fourth-order valence-corrected chi connectivity index (χ4v) is 6.18. The molecule has 1 saturated carbocycles. The van der Waals surface area contributed by atoms with E-state index < -0.39 is 20.4 Å². The van der Waals surface area contributed by atoms with Crippen LogP contribution < -0.4 is 0 Å². The number of ether oxygens (including phenoxy) is 1. The second kappa shape index (κ2) is 7.67. The molecule has 3 rings (SSSR count). The molecule has 162 valence electrons. The molecule has 0 spiro atoms. The maximum absolute atomic E-state index is 13.2. The van der Waals surface area contributed by atoms with Crippen molar-refractivity contribution in [3.05, 3.63) is 23.9 Å². The minimum absolute atomic E-state index is 0.00167. The van der Waals surface area contributed by atoms with Gasteiger partial charge in [0.25, 0.3) is 0 Å². The van der Waals surface area contributed by atoms with E-state index in [9.17, 15) is 14.7 Å². The molecule has 5 atom stereocenters. The van der Waals surface area contributed by atoms with Crippen LogP contribution in [0.5, 0.6) is 0 Å². The largest absolute Gasteiger partial charge is 0.457 e. The summed E-state index contributed by atoms with van der Waals surface area (Å²) in [7, 11) is -2.04. The van der Waals surface area contributed by atoms with E-state index in [0.29, 0.717) is 12.0 Å². The molecule has 1 N–H and O–H groups in total. The van der Waals surface area contributed by atoms with Gasteiger partial charge in [-0.1, -0.05) is 33.4 Å². The third-order valence-corrected chi connectivity index (χ3v) is 11.8. The average Bonchev–Trinajstić information content (AvgIpc) is 2.90. The molecule has 0 aromatic carbocycles. The summed E-state index contributed by atoms with van der Waals surface area (Å²) >= 11 is 0. The third-order valence-electron chi connectivity index (χ3n) is 7.18. The van der Waals surface area contributed by atoms with Gasteiger partial charge in [-0.15, -0.1) is 0 Å². The highest BCUT2D eigenvalue weighted by atomic mass is 28.4. The Kier molecular flexibility index (Phi) is 5.88. The monoisotopic (exact) mass is 421 g/mol. The zero-order chi connectivity index (χ0) is 21.7. The van der Waals surface area contributed by atoms with E-state index in [-0.39, 0.29) is 47.2 Å². The van der Waals surface area contributed by atoms with Gasteiger partial charge in [-0.25, -0.2) is 4.79 Å². The van der Waals surface area contributed by atoms with E-state index >= 15 is 0 Å². The Morgan fingerprint density at radius 3 is 2.62 bits per heavy atom. The molecule has 0 aromatic rings. The van der Waals surface area contributed by atoms with Gasteiger partial charge in [0.2, 0.25) is 5.91 Å². The smallest absolute Gasteiger partial charge is 0.355 e. The third kappa shape index (κ3) is 3.62. The van der Waals surface area contributed by atoms with Gasteiger partial charge in [-0.2, -0.15) is 0 Å². The van der Waals surface area contributed by atoms with Crippen molar-refractivity contribution in [2.45, 2.75) is 83.3 Å². The van der Waals surface area contributed by atoms with Crippen LogP contribution in [0.2, 0.25) is 18.1 Å². The van der Waals surface area contributed by atoms with Crippen molar-refractivity contribution in [3.8, 4) is 0 Å². The molecule has 7 heteroatoms. The average molecular weight is 422 g/mol. The van der Waals surface area contributed by atoms with Crippen LogP contribution >= 0.6 is 0 Å². The molecule has 1 saturated heterocycles. The summed E-state index contributed by atoms with van der Waals surface area (Å²) < 4.78 is 11.8. The van der Waals surface area contributed by atoms with Crippen molar-refractivity contribution < 1.29 is 23.9 Å². The summed E-state index contributed by atoms with van der Waals surface area (Å²) in [5.74, 6) is -0.934. The highest BCUT2D eigenvalue weighted by Crippen LogP contribution is 2.53. The number of β-lactam (4-membered cyclic amide) rings is 1. The summed E-state index contributed by atoms with van der Waals surface area (Å²) in [6, 6.07) is -0.126. The number of aliphatic hydroxyl groups excluding tert-OH is 1. The summed E-state index contributed by atoms with van der Waals surface area (Å²) in [5.41, 5.74) is 0.945. The van der Waals surface area contributed by atoms with Crippen molar-refractivity contribution in [2.75, 3.05) is 6.61 Å². The number of amides is 1. The minimum atomic E-state index is -2.04. The lowest BCUT2D eigenvalue weighted by atomic mass is 9.72. The predicted molar refractivity (Wildman–Crippen MR) is 113 cm³/mol. The molecule has 1 unspecified atom stereocenters. The van der Waals surface area contributed by atoms with Crippen LogP contribution in [0.1, 0.15) is 47.0 Å². The van der Waals surface area contributed by atoms with Crippen molar-refractivity contribution in [2.24, 2.45) is 11.8 Å². The van der Waals surface area contributed by atoms with Crippen LogP contribution in [0, 0.1) is 11.8 Å². The Hall–Kier alpha value is -1.44. The molecule has 6 nitrogen and oxygen atoms in total. The summed E-state index contributed by atoms with van der Waals surface area (Å²) in [6.07, 6.45) is 2.93. The van der Waals surface area contributed by atoms with Crippen molar-refractivity contribution in [1.29, 1.82) is 0 Å². The Balaban J connectivity index is 1.88. The lowest BCUT2D eigenvalue weighted by molar-refractivity contribution is -0.163. The highest BCUT2D eigenvalue weighted by Gasteiger charge is 2.63. The number of aliphatic hydroxyl groups is 1. The summed E-state index contributed by atoms with van der Waals surface area (Å²) in [6.45, 7) is 16.5. The molecule has 0 bridgehead atoms. The molecule has 2 fully saturated rings. The van der Waals surface area contributed by atoms with Gasteiger partial charge in [0.05, 0.1) is 24.2 Å². The van der Waals surface area contributed by atoms with Crippen molar-refractivity contribution in [3.63, 3.8) is 0 Å². The van der Waals surface area contributed by atoms with Crippen molar-refractivity contribution >= 4 is 20.2 Å². The quantitative estimate of drug-likeness (QED) is 0.308. The highest BCUT2D eigenvalue weighted by molar-refractivity contribution is 6.74. The van der Waals surface area contributed by atoms with E-state index in [2.05, 4.69) is 40.4 Å². The zero-order valence-electron chi connectivity index (χ0n) is 18.5. The van der Waals surface area contributed by atoms with Crippen LogP contribution in [0.25, 0.3) is 0 Å². The lowest BCUT2D eigenvalue weighted by Crippen LogP contribution is -2.65. The van der Waals surface area contributed by atoms with Gasteiger partial charge in [0.15, 0.2) is 8.32 Å². The van der Waals surface area contributed by atoms with Crippen LogP contribution in [-0.4, -0.2) is 55.1 Å². The van der Waals surface area contributed by atoms with Gasteiger partial charge < -0.3 is 19.2 Å². The van der Waals surface area contributed by atoms with Gasteiger partial charge in [0.1, 0.15) is 12.3 Å². The number of nitrogens with zero attached hydrogens (tertiary/aromatic N) is 1. The molecule has 1 amide bonds. The molecule has 3 aliphatic rings. The molecule has 0 aromatic heterocycles. The molecule has 2 heterocycles. The Morgan fingerprint density at radius 2 is 2.03 bits per heavy atom. The first-order valence-corrected chi connectivity index (χ1v) is 13.5. The van der Waals surface area contributed by atoms with E-state index in [4.69, 9.17) is 9.16 Å². The van der Waals surface area contributed by atoms with Gasteiger partial charge in [-0.3, -0.25) is 4.79 Å². The molecule has 2 aliphatic heterocycles. The van der Waals surface area contributed by atoms with Gasteiger partial charge >= 0.3 is 5.97 Å². The first kappa shape index (κ1) is 22.2. The predicted octanol–water partition coefficient (Wildman–Crippen LogP) is 3.38. The molecular weight excluding hydrogens is 386 g/mol. The first-order valence-electron chi connectivity index (χ1n) is 10.6. The number of esters is 1. The van der Waals surface area contributed by atoms with Crippen LogP contribution in [0.4, 0.5) is 0 Å². The molecular formula is C22H35NO5Si. The fraction of sp³-hybridized carbons (Fsp3) is 0.727. The van der Waals surface area contributed by atoms with E-state index in [1.165, 1.54) is 6.08 Å². The fourth-order valence-electron chi connectivity index (χ4n) is 4.75. The zero-order valence-corrected chi connectivity index (χ0v) is 19.5. The Labute approximate surface area is 175 Å². The topological polar surface area (TPSA) is 76.1 Å². The normalized spacial score (nSPS) is 30.4. The number of fused-ring (bicyclic) bond motifs is 3. The maximum atomic E-state index is 13.2. The number of rotatable bonds is 6. The SMILES string of the molecule is C=CCOC(=O)C1=C2[C@@H](O)CCC[C@@H]2[C@@H]2[C@@H](C(C)O[Si](C)(C)C(C)(C)C)C(=O)N12.